The number of rotatable bonds is 6. The van der Waals surface area contributed by atoms with E-state index in [0.717, 1.165) is 25.1 Å². The number of benzene rings is 1. The smallest absolute Gasteiger partial charge is 0.119 e. The molecule has 0 aliphatic carbocycles. The first-order valence-electron chi connectivity index (χ1n) is 6.89. The summed E-state index contributed by atoms with van der Waals surface area (Å²) in [6.45, 7) is 11.7. The molecule has 102 valence electrons. The second kappa shape index (κ2) is 6.79. The monoisotopic (exact) mass is 249 g/mol. The normalized spacial score (nSPS) is 13.4. The lowest BCUT2D eigenvalue weighted by Gasteiger charge is -2.26. The molecule has 0 radical (unpaired) electrons. The summed E-state index contributed by atoms with van der Waals surface area (Å²) in [5.41, 5.74) is 1.41. The van der Waals surface area contributed by atoms with E-state index in [0.29, 0.717) is 0 Å². The predicted molar refractivity (Wildman–Crippen MR) is 78.3 cm³/mol. The van der Waals surface area contributed by atoms with Gasteiger partial charge in [-0.1, -0.05) is 31.0 Å². The van der Waals surface area contributed by atoms with Crippen LogP contribution in [0.5, 0.6) is 5.75 Å². The van der Waals surface area contributed by atoms with Gasteiger partial charge in [-0.15, -0.1) is 0 Å². The lowest BCUT2D eigenvalue weighted by molar-refractivity contribution is 0.175. The van der Waals surface area contributed by atoms with E-state index in [2.05, 4.69) is 64.2 Å². The Morgan fingerprint density at radius 2 is 1.78 bits per heavy atom. The largest absolute Gasteiger partial charge is 0.489 e. The Labute approximate surface area is 112 Å². The van der Waals surface area contributed by atoms with E-state index in [9.17, 15) is 0 Å². The molecule has 0 aromatic heterocycles. The molecule has 18 heavy (non-hydrogen) atoms. The summed E-state index contributed by atoms with van der Waals surface area (Å²) in [4.78, 5) is 0. The van der Waals surface area contributed by atoms with Gasteiger partial charge in [0, 0.05) is 12.1 Å². The van der Waals surface area contributed by atoms with Crippen LogP contribution in [0.15, 0.2) is 24.3 Å². The molecule has 1 N–H and O–H groups in total. The molecule has 0 saturated heterocycles. The van der Waals surface area contributed by atoms with Crippen LogP contribution in [-0.2, 0) is 0 Å². The van der Waals surface area contributed by atoms with Crippen molar-refractivity contribution in [3.8, 4) is 5.75 Å². The van der Waals surface area contributed by atoms with Gasteiger partial charge >= 0.3 is 0 Å². The highest BCUT2D eigenvalue weighted by Crippen LogP contribution is 2.15. The molecule has 0 bridgehead atoms. The summed E-state index contributed by atoms with van der Waals surface area (Å²) in [5.74, 6) is 0.967. The molecule has 0 aliphatic heterocycles. The van der Waals surface area contributed by atoms with Crippen LogP contribution in [0.25, 0.3) is 0 Å². The molecule has 1 unspecified atom stereocenters. The molecule has 0 spiro atoms. The summed E-state index contributed by atoms with van der Waals surface area (Å²) in [6.07, 6.45) is 2.47. The molecular weight excluding hydrogens is 222 g/mol. The Morgan fingerprint density at radius 1 is 1.17 bits per heavy atom. The fourth-order valence-corrected chi connectivity index (χ4v) is 1.75. The van der Waals surface area contributed by atoms with Crippen molar-refractivity contribution in [2.45, 2.75) is 59.1 Å². The van der Waals surface area contributed by atoms with E-state index in [1.165, 1.54) is 5.56 Å². The molecule has 1 aromatic rings. The first kappa shape index (κ1) is 15.0. The van der Waals surface area contributed by atoms with Crippen molar-refractivity contribution in [3.05, 3.63) is 29.8 Å². The van der Waals surface area contributed by atoms with Crippen LogP contribution < -0.4 is 10.1 Å². The van der Waals surface area contributed by atoms with E-state index >= 15 is 0 Å². The minimum absolute atomic E-state index is 0.141. The van der Waals surface area contributed by atoms with E-state index in [-0.39, 0.29) is 11.6 Å². The number of nitrogens with one attached hydrogen (secondary N) is 1. The Hall–Kier alpha value is -1.02. The van der Waals surface area contributed by atoms with Gasteiger partial charge in [-0.2, -0.15) is 0 Å². The van der Waals surface area contributed by atoms with Gasteiger partial charge in [0.25, 0.3) is 0 Å². The van der Waals surface area contributed by atoms with Gasteiger partial charge in [-0.25, -0.2) is 0 Å². The first-order valence-corrected chi connectivity index (χ1v) is 6.89. The van der Waals surface area contributed by atoms with Crippen LogP contribution in [0.4, 0.5) is 0 Å². The molecule has 2 nitrogen and oxygen atoms in total. The minimum Gasteiger partial charge on any atom is -0.489 e. The number of hydrogen-bond acceptors (Lipinski definition) is 2. The summed E-state index contributed by atoms with van der Waals surface area (Å²) < 4.78 is 6.04. The Morgan fingerprint density at radius 3 is 2.28 bits per heavy atom. The van der Waals surface area contributed by atoms with Crippen molar-refractivity contribution in [2.75, 3.05) is 6.54 Å². The molecule has 0 aliphatic rings. The topological polar surface area (TPSA) is 21.3 Å². The molecule has 0 saturated carbocycles. The third kappa shape index (κ3) is 6.06. The van der Waals surface area contributed by atoms with E-state index in [1.807, 2.05) is 0 Å². The Balaban J connectivity index is 2.54. The Bertz CT molecular complexity index is 337. The van der Waals surface area contributed by atoms with Gasteiger partial charge < -0.3 is 10.1 Å². The highest BCUT2D eigenvalue weighted by atomic mass is 16.5. The second-order valence-electron chi connectivity index (χ2n) is 5.97. The van der Waals surface area contributed by atoms with Crippen LogP contribution in [0.3, 0.4) is 0 Å². The standard InChI is InChI=1S/C16H27NO/c1-6-7-15(12-17-16(3,4)5)18-14-10-8-13(2)9-11-14/h8-11,15,17H,6-7,12H2,1-5H3. The van der Waals surface area contributed by atoms with Gasteiger partial charge in [0.05, 0.1) is 0 Å². The highest BCUT2D eigenvalue weighted by molar-refractivity contribution is 5.26. The van der Waals surface area contributed by atoms with Crippen LogP contribution in [-0.4, -0.2) is 18.2 Å². The Kier molecular flexibility index (Phi) is 5.67. The van der Waals surface area contributed by atoms with E-state index in [1.54, 1.807) is 0 Å². The van der Waals surface area contributed by atoms with Crippen LogP contribution in [0, 0.1) is 6.92 Å². The van der Waals surface area contributed by atoms with Crippen LogP contribution in [0.1, 0.15) is 46.1 Å². The predicted octanol–water partition coefficient (Wildman–Crippen LogP) is 3.93. The van der Waals surface area contributed by atoms with Gasteiger partial charge in [-0.3, -0.25) is 0 Å². The molecular formula is C16H27NO. The maximum absolute atomic E-state index is 6.04. The maximum atomic E-state index is 6.04. The van der Waals surface area contributed by atoms with E-state index < -0.39 is 0 Å². The average Bonchev–Trinajstić information content (AvgIpc) is 2.28. The van der Waals surface area contributed by atoms with Crippen molar-refractivity contribution in [1.29, 1.82) is 0 Å². The lowest BCUT2D eigenvalue weighted by Crippen LogP contribution is -2.42. The van der Waals surface area contributed by atoms with Crippen molar-refractivity contribution in [1.82, 2.24) is 5.32 Å². The molecule has 1 aromatic carbocycles. The first-order chi connectivity index (χ1) is 8.40. The van der Waals surface area contributed by atoms with Crippen LogP contribution in [0.2, 0.25) is 0 Å². The van der Waals surface area contributed by atoms with Gasteiger partial charge in [-0.05, 0) is 46.2 Å². The van der Waals surface area contributed by atoms with Crippen LogP contribution >= 0.6 is 0 Å². The summed E-state index contributed by atoms with van der Waals surface area (Å²) in [5, 5.41) is 3.51. The number of ether oxygens (including phenoxy) is 1. The fourth-order valence-electron chi connectivity index (χ4n) is 1.75. The fraction of sp³-hybridized carbons (Fsp3) is 0.625. The molecule has 0 heterocycles. The molecule has 1 rings (SSSR count). The molecule has 0 fully saturated rings. The van der Waals surface area contributed by atoms with Gasteiger partial charge in [0.15, 0.2) is 0 Å². The zero-order valence-electron chi connectivity index (χ0n) is 12.4. The van der Waals surface area contributed by atoms with E-state index in [4.69, 9.17) is 4.74 Å². The lowest BCUT2D eigenvalue weighted by atomic mass is 10.1. The average molecular weight is 249 g/mol. The minimum atomic E-state index is 0.141. The maximum Gasteiger partial charge on any atom is 0.119 e. The third-order valence-corrected chi connectivity index (χ3v) is 2.79. The second-order valence-corrected chi connectivity index (χ2v) is 5.97. The van der Waals surface area contributed by atoms with Crippen molar-refractivity contribution in [2.24, 2.45) is 0 Å². The summed E-state index contributed by atoms with van der Waals surface area (Å²) in [7, 11) is 0. The number of hydrogen-bond donors (Lipinski definition) is 1. The van der Waals surface area contributed by atoms with Crippen molar-refractivity contribution in [3.63, 3.8) is 0 Å². The summed E-state index contributed by atoms with van der Waals surface area (Å²) >= 11 is 0. The highest BCUT2D eigenvalue weighted by Gasteiger charge is 2.14. The zero-order chi connectivity index (χ0) is 13.6. The van der Waals surface area contributed by atoms with Crippen molar-refractivity contribution >= 4 is 0 Å². The van der Waals surface area contributed by atoms with Gasteiger partial charge in [0.2, 0.25) is 0 Å². The summed E-state index contributed by atoms with van der Waals surface area (Å²) in [6, 6.07) is 8.29. The molecule has 1 atom stereocenters. The molecule has 0 amide bonds. The number of aryl methyl sites for hydroxylation is 1. The van der Waals surface area contributed by atoms with Crippen molar-refractivity contribution < 1.29 is 4.74 Å². The van der Waals surface area contributed by atoms with Gasteiger partial charge in [0.1, 0.15) is 11.9 Å². The molecule has 2 heteroatoms. The zero-order valence-corrected chi connectivity index (χ0v) is 12.4. The third-order valence-electron chi connectivity index (χ3n) is 2.79. The SMILES string of the molecule is CCCC(CNC(C)(C)C)Oc1ccc(C)cc1. The quantitative estimate of drug-likeness (QED) is 0.824.